The predicted molar refractivity (Wildman–Crippen MR) is 112 cm³/mol. The van der Waals surface area contributed by atoms with Gasteiger partial charge in [0.1, 0.15) is 17.6 Å². The zero-order valence-electron chi connectivity index (χ0n) is 17.9. The normalized spacial score (nSPS) is 27.8. The zero-order chi connectivity index (χ0) is 21.5. The first-order valence-corrected chi connectivity index (χ1v) is 10.4. The Morgan fingerprint density at radius 3 is 2.67 bits per heavy atom. The van der Waals surface area contributed by atoms with Crippen LogP contribution in [0.3, 0.4) is 0 Å². The second-order valence-corrected chi connectivity index (χ2v) is 9.08. The minimum absolute atomic E-state index is 0.154. The highest BCUT2D eigenvalue weighted by Crippen LogP contribution is 2.60. The molecule has 0 aliphatic heterocycles. The summed E-state index contributed by atoms with van der Waals surface area (Å²) in [6, 6.07) is 9.33. The van der Waals surface area contributed by atoms with Gasteiger partial charge in [-0.15, -0.1) is 0 Å². The first kappa shape index (κ1) is 20.5. The maximum atomic E-state index is 13.7. The lowest BCUT2D eigenvalue weighted by Crippen LogP contribution is -2.59. The number of rotatable bonds is 6. The quantitative estimate of drug-likeness (QED) is 0.719. The van der Waals surface area contributed by atoms with E-state index in [0.29, 0.717) is 18.1 Å². The number of hydrogen-bond acceptors (Lipinski definition) is 6. The molecule has 4 rings (SSSR count). The standard InChI is InChI=1S/C24H28N2O4/c1-15(2)13-25-20-19-18(21(28)24(4)17(27)11-8-12-23(20,24)3)22(26-30-19)29-14-16-9-6-5-7-10-16/h5-11,15,20,25H,12-14H2,1-4H3. The van der Waals surface area contributed by atoms with E-state index in [1.165, 1.54) is 6.08 Å². The van der Waals surface area contributed by atoms with Gasteiger partial charge in [-0.2, -0.15) is 0 Å². The number of fused-ring (bicyclic) bond motifs is 2. The highest BCUT2D eigenvalue weighted by Gasteiger charge is 2.64. The van der Waals surface area contributed by atoms with Crippen molar-refractivity contribution in [3.63, 3.8) is 0 Å². The summed E-state index contributed by atoms with van der Waals surface area (Å²) in [6.45, 7) is 8.96. The Balaban J connectivity index is 1.76. The number of carbonyl (C=O) groups excluding carboxylic acids is 2. The van der Waals surface area contributed by atoms with Gasteiger partial charge in [0.15, 0.2) is 17.3 Å². The van der Waals surface area contributed by atoms with Crippen molar-refractivity contribution in [3.8, 4) is 5.88 Å². The summed E-state index contributed by atoms with van der Waals surface area (Å²) in [5.74, 6) is 0.555. The molecule has 0 spiro atoms. The molecule has 158 valence electrons. The topological polar surface area (TPSA) is 81.4 Å². The molecule has 0 saturated heterocycles. The molecule has 1 aromatic heterocycles. The summed E-state index contributed by atoms with van der Waals surface area (Å²) in [5.41, 5.74) is -0.621. The first-order chi connectivity index (χ1) is 14.3. The summed E-state index contributed by atoms with van der Waals surface area (Å²) in [4.78, 5) is 26.7. The van der Waals surface area contributed by atoms with E-state index in [9.17, 15) is 9.59 Å². The minimum Gasteiger partial charge on any atom is -0.470 e. The van der Waals surface area contributed by atoms with Crippen LogP contribution in [0, 0.1) is 16.7 Å². The van der Waals surface area contributed by atoms with Crippen molar-refractivity contribution in [2.75, 3.05) is 6.54 Å². The van der Waals surface area contributed by atoms with Crippen LogP contribution in [0.5, 0.6) is 5.88 Å². The predicted octanol–water partition coefficient (Wildman–Crippen LogP) is 4.28. The Hall–Kier alpha value is -2.73. The highest BCUT2D eigenvalue weighted by atomic mass is 16.5. The zero-order valence-corrected chi connectivity index (χ0v) is 17.9. The number of aromatic nitrogens is 1. The van der Waals surface area contributed by atoms with Gasteiger partial charge in [-0.05, 0) is 42.6 Å². The SMILES string of the molecule is CC(C)CNC1c2onc(OCc3ccccc3)c2C(=O)C2(C)C(=O)C=CCC12C. The number of ketones is 2. The van der Waals surface area contributed by atoms with Gasteiger partial charge in [-0.3, -0.25) is 9.59 Å². The maximum Gasteiger partial charge on any atom is 0.265 e. The van der Waals surface area contributed by atoms with Crippen molar-refractivity contribution < 1.29 is 18.8 Å². The fourth-order valence-corrected chi connectivity index (χ4v) is 4.57. The number of ether oxygens (including phenoxy) is 1. The van der Waals surface area contributed by atoms with Gasteiger partial charge in [-0.1, -0.05) is 57.2 Å². The van der Waals surface area contributed by atoms with E-state index in [-0.39, 0.29) is 35.7 Å². The lowest BCUT2D eigenvalue weighted by Gasteiger charge is -2.52. The molecule has 30 heavy (non-hydrogen) atoms. The summed E-state index contributed by atoms with van der Waals surface area (Å²) >= 11 is 0. The van der Waals surface area contributed by atoms with E-state index in [2.05, 4.69) is 24.3 Å². The van der Waals surface area contributed by atoms with Gasteiger partial charge in [0, 0.05) is 5.41 Å². The lowest BCUT2D eigenvalue weighted by atomic mass is 9.50. The average Bonchev–Trinajstić information content (AvgIpc) is 3.13. The Morgan fingerprint density at radius 2 is 1.97 bits per heavy atom. The van der Waals surface area contributed by atoms with Gasteiger partial charge in [-0.25, -0.2) is 0 Å². The molecule has 0 fully saturated rings. The summed E-state index contributed by atoms with van der Waals surface area (Å²) < 4.78 is 11.6. The Morgan fingerprint density at radius 1 is 1.23 bits per heavy atom. The number of carbonyl (C=O) groups is 2. The fraction of sp³-hybridized carbons (Fsp3) is 0.458. The van der Waals surface area contributed by atoms with Crippen LogP contribution in [-0.4, -0.2) is 23.3 Å². The molecule has 2 aromatic rings. The molecule has 0 bridgehead atoms. The Kier molecular flexibility index (Phi) is 5.14. The van der Waals surface area contributed by atoms with E-state index in [1.807, 2.05) is 43.3 Å². The number of benzene rings is 1. The third-order valence-electron chi connectivity index (χ3n) is 6.66. The minimum atomic E-state index is -1.21. The van der Waals surface area contributed by atoms with E-state index < -0.39 is 10.8 Å². The number of nitrogens with one attached hydrogen (secondary N) is 1. The van der Waals surface area contributed by atoms with Crippen LogP contribution in [0.15, 0.2) is 47.0 Å². The second kappa shape index (κ2) is 7.51. The van der Waals surface area contributed by atoms with Crippen molar-refractivity contribution >= 4 is 11.6 Å². The number of nitrogens with zero attached hydrogens (tertiary/aromatic N) is 1. The van der Waals surface area contributed by atoms with Gasteiger partial charge in [0.05, 0.1) is 6.04 Å². The molecule has 0 radical (unpaired) electrons. The monoisotopic (exact) mass is 408 g/mol. The van der Waals surface area contributed by atoms with E-state index in [1.54, 1.807) is 6.92 Å². The van der Waals surface area contributed by atoms with Gasteiger partial charge in [0.2, 0.25) is 0 Å². The van der Waals surface area contributed by atoms with Crippen molar-refractivity contribution in [1.29, 1.82) is 0 Å². The molecular weight excluding hydrogens is 380 g/mol. The lowest BCUT2D eigenvalue weighted by molar-refractivity contribution is -0.129. The van der Waals surface area contributed by atoms with Crippen LogP contribution in [0.1, 0.15) is 61.8 Å². The Labute approximate surface area is 176 Å². The molecule has 1 N–H and O–H groups in total. The van der Waals surface area contributed by atoms with E-state index in [4.69, 9.17) is 9.26 Å². The summed E-state index contributed by atoms with van der Waals surface area (Å²) in [5, 5.41) is 7.64. The second-order valence-electron chi connectivity index (χ2n) is 9.08. The average molecular weight is 408 g/mol. The number of allylic oxidation sites excluding steroid dienone is 2. The highest BCUT2D eigenvalue weighted by molar-refractivity contribution is 6.20. The summed E-state index contributed by atoms with van der Waals surface area (Å²) in [6.07, 6.45) is 3.98. The first-order valence-electron chi connectivity index (χ1n) is 10.4. The van der Waals surface area contributed by atoms with Gasteiger partial charge in [0.25, 0.3) is 5.88 Å². The molecule has 0 saturated carbocycles. The van der Waals surface area contributed by atoms with Crippen LogP contribution < -0.4 is 10.1 Å². The van der Waals surface area contributed by atoms with Crippen molar-refractivity contribution in [3.05, 3.63) is 59.4 Å². The number of Topliss-reactive ketones (excluding diaryl/α,β-unsaturated/α-hetero) is 1. The molecule has 6 nitrogen and oxygen atoms in total. The van der Waals surface area contributed by atoms with Crippen LogP contribution in [0.4, 0.5) is 0 Å². The van der Waals surface area contributed by atoms with Crippen LogP contribution in [0.2, 0.25) is 0 Å². The molecule has 6 heteroatoms. The molecule has 3 atom stereocenters. The van der Waals surface area contributed by atoms with Crippen LogP contribution in [0.25, 0.3) is 0 Å². The van der Waals surface area contributed by atoms with Crippen molar-refractivity contribution in [2.24, 2.45) is 16.7 Å². The third kappa shape index (κ3) is 3.01. The molecule has 3 unspecified atom stereocenters. The van der Waals surface area contributed by atoms with Gasteiger partial charge < -0.3 is 14.6 Å². The van der Waals surface area contributed by atoms with Crippen molar-refractivity contribution in [1.82, 2.24) is 10.5 Å². The largest absolute Gasteiger partial charge is 0.470 e. The molecule has 2 aliphatic carbocycles. The maximum absolute atomic E-state index is 13.7. The van der Waals surface area contributed by atoms with E-state index in [0.717, 1.165) is 12.1 Å². The summed E-state index contributed by atoms with van der Waals surface area (Å²) in [7, 11) is 0. The molecular formula is C24H28N2O4. The van der Waals surface area contributed by atoms with E-state index >= 15 is 0 Å². The number of hydrogen-bond donors (Lipinski definition) is 1. The fourth-order valence-electron chi connectivity index (χ4n) is 4.57. The van der Waals surface area contributed by atoms with Gasteiger partial charge >= 0.3 is 0 Å². The molecule has 2 aliphatic rings. The molecule has 0 amide bonds. The Bertz CT molecular complexity index is 994. The molecule has 1 heterocycles. The van der Waals surface area contributed by atoms with Crippen molar-refractivity contribution in [2.45, 2.75) is 46.8 Å². The smallest absolute Gasteiger partial charge is 0.265 e. The van der Waals surface area contributed by atoms with Crippen LogP contribution >= 0.6 is 0 Å². The molecule has 1 aromatic carbocycles. The van der Waals surface area contributed by atoms with Crippen LogP contribution in [-0.2, 0) is 11.4 Å². The third-order valence-corrected chi connectivity index (χ3v) is 6.66.